The quantitative estimate of drug-likeness (QED) is 0.782. The summed E-state index contributed by atoms with van der Waals surface area (Å²) in [4.78, 5) is 4.05. The number of halogens is 3. The van der Waals surface area contributed by atoms with Crippen LogP contribution in [0.1, 0.15) is 0 Å². The molecule has 0 fully saturated rings. The van der Waals surface area contributed by atoms with Crippen LogP contribution in [0.3, 0.4) is 0 Å². The molecule has 0 N–H and O–H groups in total. The molecular weight excluding hydrogens is 313 g/mol. The van der Waals surface area contributed by atoms with Crippen LogP contribution in [0.4, 0.5) is 0 Å². The number of aromatic nitrogens is 1. The maximum Gasteiger partial charge on any atom is 0.233 e. The Balaban J connectivity index is 2.31. The normalized spacial score (nSPS) is 10.2. The summed E-state index contributed by atoms with van der Waals surface area (Å²) in [5, 5.41) is 1.07. The monoisotopic (exact) mass is 317 g/mol. The number of para-hydroxylation sites is 1. The fourth-order valence-electron chi connectivity index (χ4n) is 1.11. The molecule has 1 aromatic heterocycles. The van der Waals surface area contributed by atoms with Crippen LogP contribution in [0, 0.1) is 0 Å². The molecule has 0 atom stereocenters. The van der Waals surface area contributed by atoms with Crippen molar-refractivity contribution in [3.05, 3.63) is 51.0 Å². The van der Waals surface area contributed by atoms with E-state index in [9.17, 15) is 0 Å². The van der Waals surface area contributed by atoms with Crippen molar-refractivity contribution in [3.8, 4) is 11.6 Å². The van der Waals surface area contributed by atoms with E-state index in [2.05, 4.69) is 20.9 Å². The zero-order valence-corrected chi connectivity index (χ0v) is 11.1. The lowest BCUT2D eigenvalue weighted by Crippen LogP contribution is -1.89. The predicted octanol–water partition coefficient (Wildman–Crippen LogP) is 4.94. The van der Waals surface area contributed by atoms with Crippen LogP contribution in [-0.4, -0.2) is 4.98 Å². The molecule has 0 bridgehead atoms. The van der Waals surface area contributed by atoms with Gasteiger partial charge in [0.1, 0.15) is 5.75 Å². The first-order valence-corrected chi connectivity index (χ1v) is 5.95. The summed E-state index contributed by atoms with van der Waals surface area (Å²) in [6, 6.07) is 8.90. The zero-order valence-electron chi connectivity index (χ0n) is 7.95. The summed E-state index contributed by atoms with van der Waals surface area (Å²) in [6.07, 6.45) is 1.51. The van der Waals surface area contributed by atoms with Crippen molar-refractivity contribution in [1.82, 2.24) is 4.98 Å². The second kappa shape index (κ2) is 5.04. The summed E-state index contributed by atoms with van der Waals surface area (Å²) in [5.74, 6) is 0.984. The lowest BCUT2D eigenvalue weighted by atomic mass is 10.3. The molecule has 82 valence electrons. The Morgan fingerprint density at radius 2 is 1.94 bits per heavy atom. The third-order valence-corrected chi connectivity index (χ3v) is 2.90. The third kappa shape index (κ3) is 2.67. The molecule has 0 amide bonds. The maximum absolute atomic E-state index is 5.96. The number of nitrogens with zero attached hydrogens (tertiary/aromatic N) is 1. The van der Waals surface area contributed by atoms with E-state index in [1.54, 1.807) is 18.2 Å². The lowest BCUT2D eigenvalue weighted by Gasteiger charge is -2.07. The lowest BCUT2D eigenvalue weighted by molar-refractivity contribution is 0.460. The molecule has 5 heteroatoms. The van der Waals surface area contributed by atoms with E-state index >= 15 is 0 Å². The molecule has 0 aliphatic heterocycles. The van der Waals surface area contributed by atoms with Crippen LogP contribution < -0.4 is 4.74 Å². The molecule has 16 heavy (non-hydrogen) atoms. The third-order valence-electron chi connectivity index (χ3n) is 1.82. The van der Waals surface area contributed by atoms with Gasteiger partial charge in [-0.15, -0.1) is 0 Å². The molecule has 0 spiro atoms. The van der Waals surface area contributed by atoms with Crippen molar-refractivity contribution < 1.29 is 4.74 Å². The van der Waals surface area contributed by atoms with E-state index < -0.39 is 0 Å². The molecule has 2 nitrogen and oxygen atoms in total. The van der Waals surface area contributed by atoms with Gasteiger partial charge in [-0.1, -0.05) is 35.3 Å². The Morgan fingerprint density at radius 3 is 2.62 bits per heavy atom. The summed E-state index contributed by atoms with van der Waals surface area (Å²) in [5.41, 5.74) is 0. The SMILES string of the molecule is Clc1cnc(Oc2ccccc2Cl)c(Br)c1. The molecule has 0 saturated carbocycles. The second-order valence-electron chi connectivity index (χ2n) is 2.97. The van der Waals surface area contributed by atoms with Crippen LogP contribution in [0.2, 0.25) is 10.0 Å². The number of hydrogen-bond donors (Lipinski definition) is 0. The Kier molecular flexibility index (Phi) is 3.69. The van der Waals surface area contributed by atoms with Crippen molar-refractivity contribution in [2.75, 3.05) is 0 Å². The minimum Gasteiger partial charge on any atom is -0.436 e. The Labute approximate surface area is 111 Å². The minimum absolute atomic E-state index is 0.428. The zero-order chi connectivity index (χ0) is 11.5. The average Bonchev–Trinajstić information content (AvgIpc) is 2.25. The molecule has 2 aromatic rings. The minimum atomic E-state index is 0.428. The number of benzene rings is 1. The topological polar surface area (TPSA) is 22.1 Å². The fraction of sp³-hybridized carbons (Fsp3) is 0. The van der Waals surface area contributed by atoms with E-state index in [0.29, 0.717) is 26.1 Å². The van der Waals surface area contributed by atoms with Gasteiger partial charge in [0, 0.05) is 6.20 Å². The summed E-state index contributed by atoms with van der Waals surface area (Å²) in [7, 11) is 0. The highest BCUT2D eigenvalue weighted by Gasteiger charge is 2.07. The number of ether oxygens (including phenoxy) is 1. The molecule has 1 aromatic carbocycles. The van der Waals surface area contributed by atoms with Crippen LogP contribution >= 0.6 is 39.1 Å². The highest BCUT2D eigenvalue weighted by atomic mass is 79.9. The van der Waals surface area contributed by atoms with Gasteiger partial charge in [0.05, 0.1) is 14.5 Å². The Hall–Kier alpha value is -0.770. The van der Waals surface area contributed by atoms with Gasteiger partial charge >= 0.3 is 0 Å². The van der Waals surface area contributed by atoms with Gasteiger partial charge < -0.3 is 4.74 Å². The van der Waals surface area contributed by atoms with Crippen LogP contribution in [-0.2, 0) is 0 Å². The molecule has 0 unspecified atom stereocenters. The largest absolute Gasteiger partial charge is 0.436 e. The second-order valence-corrected chi connectivity index (χ2v) is 4.67. The van der Waals surface area contributed by atoms with Crippen molar-refractivity contribution in [2.45, 2.75) is 0 Å². The highest BCUT2D eigenvalue weighted by molar-refractivity contribution is 9.10. The van der Waals surface area contributed by atoms with Gasteiger partial charge in [-0.25, -0.2) is 4.98 Å². The van der Waals surface area contributed by atoms with Crippen LogP contribution in [0.5, 0.6) is 11.6 Å². The molecule has 0 radical (unpaired) electrons. The summed E-state index contributed by atoms with van der Waals surface area (Å²) in [6.45, 7) is 0. The van der Waals surface area contributed by atoms with Crippen LogP contribution in [0.25, 0.3) is 0 Å². The van der Waals surface area contributed by atoms with Gasteiger partial charge in [0.15, 0.2) is 0 Å². The summed E-state index contributed by atoms with van der Waals surface area (Å²) < 4.78 is 6.23. The summed E-state index contributed by atoms with van der Waals surface area (Å²) >= 11 is 15.1. The predicted molar refractivity (Wildman–Crippen MR) is 68.5 cm³/mol. The van der Waals surface area contributed by atoms with Gasteiger partial charge in [0.25, 0.3) is 0 Å². The number of hydrogen-bond acceptors (Lipinski definition) is 2. The van der Waals surface area contributed by atoms with E-state index in [4.69, 9.17) is 27.9 Å². The van der Waals surface area contributed by atoms with Gasteiger partial charge in [-0.2, -0.15) is 0 Å². The standard InChI is InChI=1S/C11H6BrCl2NO/c12-8-5-7(13)6-15-11(8)16-10-4-2-1-3-9(10)14/h1-6H. The van der Waals surface area contributed by atoms with E-state index in [0.717, 1.165) is 0 Å². The highest BCUT2D eigenvalue weighted by Crippen LogP contribution is 2.32. The smallest absolute Gasteiger partial charge is 0.233 e. The van der Waals surface area contributed by atoms with Crippen molar-refractivity contribution in [3.63, 3.8) is 0 Å². The van der Waals surface area contributed by atoms with Crippen LogP contribution in [0.15, 0.2) is 41.0 Å². The Bertz CT molecular complexity index is 519. The molecular formula is C11H6BrCl2NO. The van der Waals surface area contributed by atoms with Crippen molar-refractivity contribution in [1.29, 1.82) is 0 Å². The van der Waals surface area contributed by atoms with Crippen molar-refractivity contribution >= 4 is 39.1 Å². The first-order valence-electron chi connectivity index (χ1n) is 4.40. The molecule has 1 heterocycles. The van der Waals surface area contributed by atoms with Crippen molar-refractivity contribution in [2.24, 2.45) is 0 Å². The number of pyridine rings is 1. The van der Waals surface area contributed by atoms with Gasteiger partial charge in [0.2, 0.25) is 5.88 Å². The maximum atomic E-state index is 5.96. The molecule has 2 rings (SSSR count). The Morgan fingerprint density at radius 1 is 1.19 bits per heavy atom. The van der Waals surface area contributed by atoms with E-state index in [1.807, 2.05) is 12.1 Å². The molecule has 0 aliphatic rings. The molecule has 0 aliphatic carbocycles. The first-order chi connectivity index (χ1) is 7.66. The fourth-order valence-corrected chi connectivity index (χ4v) is 2.00. The first kappa shape index (κ1) is 11.7. The van der Waals surface area contributed by atoms with E-state index in [-0.39, 0.29) is 0 Å². The van der Waals surface area contributed by atoms with E-state index in [1.165, 1.54) is 6.20 Å². The average molecular weight is 319 g/mol. The van der Waals surface area contributed by atoms with Gasteiger partial charge in [-0.05, 0) is 34.1 Å². The van der Waals surface area contributed by atoms with Gasteiger partial charge in [-0.3, -0.25) is 0 Å². The molecule has 0 saturated heterocycles. The number of rotatable bonds is 2.